The Kier molecular flexibility index (Phi) is 5.32. The van der Waals surface area contributed by atoms with E-state index in [4.69, 9.17) is 0 Å². The summed E-state index contributed by atoms with van der Waals surface area (Å²) in [6.07, 6.45) is 1.55. The third kappa shape index (κ3) is 4.04. The second-order valence-corrected chi connectivity index (χ2v) is 5.50. The van der Waals surface area contributed by atoms with Crippen molar-refractivity contribution in [1.82, 2.24) is 25.0 Å². The molecule has 0 radical (unpaired) electrons. The Balaban J connectivity index is 1.98. The van der Waals surface area contributed by atoms with Crippen LogP contribution in [-0.4, -0.2) is 39.7 Å². The second kappa shape index (κ2) is 7.21. The number of nitrogens with zero attached hydrogens (tertiary/aromatic N) is 5. The number of rotatable bonds is 4. The average Bonchev–Trinajstić information content (AvgIpc) is 2.88. The number of halogens is 1. The summed E-state index contributed by atoms with van der Waals surface area (Å²) in [6, 6.07) is 8.17. The van der Waals surface area contributed by atoms with E-state index in [-0.39, 0.29) is 0 Å². The first-order valence-electron chi connectivity index (χ1n) is 6.60. The monoisotopic (exact) mass is 350 g/mol. The zero-order valence-electron chi connectivity index (χ0n) is 12.4. The molecule has 7 heteroatoms. The Morgan fingerprint density at radius 3 is 2.81 bits per heavy atom. The molecule has 1 N–H and O–H groups in total. The summed E-state index contributed by atoms with van der Waals surface area (Å²) < 4.78 is 2.84. The summed E-state index contributed by atoms with van der Waals surface area (Å²) in [5.74, 6) is 1.68. The van der Waals surface area contributed by atoms with Crippen LogP contribution < -0.4 is 5.32 Å². The number of hydrogen-bond acceptors (Lipinski definition) is 3. The fraction of sp³-hybridized carbons (Fsp3) is 0.357. The summed E-state index contributed by atoms with van der Waals surface area (Å²) in [4.78, 5) is 10.6. The van der Waals surface area contributed by atoms with Crippen molar-refractivity contribution in [3.05, 3.63) is 46.5 Å². The molecule has 0 saturated carbocycles. The molecule has 0 aliphatic rings. The maximum Gasteiger partial charge on any atom is 0.194 e. The van der Waals surface area contributed by atoms with Gasteiger partial charge in [-0.3, -0.25) is 9.67 Å². The predicted octanol–water partition coefficient (Wildman–Crippen LogP) is 1.78. The maximum absolute atomic E-state index is 4.30. The van der Waals surface area contributed by atoms with E-state index in [1.54, 1.807) is 18.1 Å². The maximum atomic E-state index is 4.30. The van der Waals surface area contributed by atoms with Gasteiger partial charge >= 0.3 is 0 Å². The minimum Gasteiger partial charge on any atom is -0.349 e. The largest absolute Gasteiger partial charge is 0.349 e. The number of guanidine groups is 1. The molecule has 0 aliphatic carbocycles. The number of aromatic nitrogens is 3. The molecule has 2 rings (SSSR count). The third-order valence-corrected chi connectivity index (χ3v) is 3.92. The van der Waals surface area contributed by atoms with Gasteiger partial charge in [0.15, 0.2) is 5.96 Å². The zero-order valence-corrected chi connectivity index (χ0v) is 14.0. The molecule has 0 fully saturated rings. The highest BCUT2D eigenvalue weighted by Gasteiger charge is 2.09. The summed E-state index contributed by atoms with van der Waals surface area (Å²) in [6.45, 7) is 1.35. The van der Waals surface area contributed by atoms with Gasteiger partial charge in [-0.25, -0.2) is 4.98 Å². The summed E-state index contributed by atoms with van der Waals surface area (Å²) >= 11 is 3.57. The van der Waals surface area contributed by atoms with Crippen molar-refractivity contribution in [2.24, 2.45) is 12.0 Å². The van der Waals surface area contributed by atoms with Crippen molar-refractivity contribution in [2.45, 2.75) is 13.1 Å². The molecule has 2 aromatic rings. The van der Waals surface area contributed by atoms with Gasteiger partial charge in [-0.15, -0.1) is 0 Å². The highest BCUT2D eigenvalue weighted by Crippen LogP contribution is 2.17. The number of aliphatic imine (C=N–C) groups is 1. The normalized spacial score (nSPS) is 11.5. The van der Waals surface area contributed by atoms with Crippen LogP contribution in [0.4, 0.5) is 0 Å². The van der Waals surface area contributed by atoms with Crippen molar-refractivity contribution in [3.63, 3.8) is 0 Å². The minimum absolute atomic E-state index is 0.587. The van der Waals surface area contributed by atoms with E-state index in [9.17, 15) is 0 Å². The van der Waals surface area contributed by atoms with Gasteiger partial charge in [0.05, 0.1) is 6.54 Å². The lowest BCUT2D eigenvalue weighted by molar-refractivity contribution is 0.473. The summed E-state index contributed by atoms with van der Waals surface area (Å²) in [5.41, 5.74) is 1.21. The van der Waals surface area contributed by atoms with Crippen LogP contribution in [0.25, 0.3) is 0 Å². The Labute approximate surface area is 133 Å². The number of aryl methyl sites for hydroxylation is 1. The quantitative estimate of drug-likeness (QED) is 0.674. The molecule has 0 unspecified atom stereocenters. The SMILES string of the molecule is CN=C(NCc1ncnn1C)N(C)Cc1ccccc1Br. The highest BCUT2D eigenvalue weighted by atomic mass is 79.9. The van der Waals surface area contributed by atoms with Crippen LogP contribution in [0.3, 0.4) is 0 Å². The molecule has 1 aromatic heterocycles. The van der Waals surface area contributed by atoms with Crippen molar-refractivity contribution in [2.75, 3.05) is 14.1 Å². The van der Waals surface area contributed by atoms with Gasteiger partial charge in [-0.05, 0) is 11.6 Å². The van der Waals surface area contributed by atoms with Gasteiger partial charge in [0.2, 0.25) is 0 Å². The van der Waals surface area contributed by atoms with Gasteiger partial charge in [-0.1, -0.05) is 34.1 Å². The summed E-state index contributed by atoms with van der Waals surface area (Å²) in [5, 5.41) is 7.34. The van der Waals surface area contributed by atoms with E-state index < -0.39 is 0 Å². The molecule has 112 valence electrons. The average molecular weight is 351 g/mol. The molecule has 0 aliphatic heterocycles. The third-order valence-electron chi connectivity index (χ3n) is 3.15. The molecule has 0 amide bonds. The molecule has 0 atom stereocenters. The van der Waals surface area contributed by atoms with Gasteiger partial charge in [0, 0.05) is 32.2 Å². The Bertz CT molecular complexity index is 621. The van der Waals surface area contributed by atoms with Crippen LogP contribution in [-0.2, 0) is 20.1 Å². The Morgan fingerprint density at radius 2 is 2.19 bits per heavy atom. The topological polar surface area (TPSA) is 58.3 Å². The molecule has 0 saturated heterocycles. The molecule has 0 spiro atoms. The van der Waals surface area contributed by atoms with Crippen LogP contribution in [0.1, 0.15) is 11.4 Å². The van der Waals surface area contributed by atoms with Crippen LogP contribution >= 0.6 is 15.9 Å². The van der Waals surface area contributed by atoms with Gasteiger partial charge < -0.3 is 10.2 Å². The molecule has 6 nitrogen and oxygen atoms in total. The molecule has 0 bridgehead atoms. The number of hydrogen-bond donors (Lipinski definition) is 1. The fourth-order valence-corrected chi connectivity index (χ4v) is 2.39. The first kappa shape index (κ1) is 15.5. The van der Waals surface area contributed by atoms with E-state index in [0.717, 1.165) is 22.8 Å². The van der Waals surface area contributed by atoms with Crippen LogP contribution in [0, 0.1) is 0 Å². The van der Waals surface area contributed by atoms with Crippen molar-refractivity contribution in [1.29, 1.82) is 0 Å². The lowest BCUT2D eigenvalue weighted by Crippen LogP contribution is -2.38. The first-order valence-corrected chi connectivity index (χ1v) is 7.39. The van der Waals surface area contributed by atoms with E-state index in [1.807, 2.05) is 32.3 Å². The van der Waals surface area contributed by atoms with Crippen molar-refractivity contribution >= 4 is 21.9 Å². The van der Waals surface area contributed by atoms with E-state index in [1.165, 1.54) is 5.56 Å². The lowest BCUT2D eigenvalue weighted by Gasteiger charge is -2.22. The fourth-order valence-electron chi connectivity index (χ4n) is 1.98. The lowest BCUT2D eigenvalue weighted by atomic mass is 10.2. The molecular formula is C14H19BrN6. The Hall–Kier alpha value is -1.89. The predicted molar refractivity (Wildman–Crippen MR) is 86.8 cm³/mol. The number of benzene rings is 1. The molecule has 1 aromatic carbocycles. The van der Waals surface area contributed by atoms with Gasteiger partial charge in [0.1, 0.15) is 12.2 Å². The zero-order chi connectivity index (χ0) is 15.2. The highest BCUT2D eigenvalue weighted by molar-refractivity contribution is 9.10. The van der Waals surface area contributed by atoms with E-state index in [2.05, 4.69) is 47.3 Å². The van der Waals surface area contributed by atoms with E-state index >= 15 is 0 Å². The molecular weight excluding hydrogens is 332 g/mol. The Morgan fingerprint density at radius 1 is 1.43 bits per heavy atom. The smallest absolute Gasteiger partial charge is 0.194 e. The van der Waals surface area contributed by atoms with Gasteiger partial charge in [-0.2, -0.15) is 5.10 Å². The van der Waals surface area contributed by atoms with Crippen LogP contribution in [0.5, 0.6) is 0 Å². The standard InChI is InChI=1S/C14H19BrN6/c1-16-14(17-8-13-18-10-19-21(13)3)20(2)9-11-6-4-5-7-12(11)15/h4-7,10H,8-9H2,1-3H3,(H,16,17). The van der Waals surface area contributed by atoms with Crippen molar-refractivity contribution in [3.8, 4) is 0 Å². The van der Waals surface area contributed by atoms with Crippen LogP contribution in [0.15, 0.2) is 40.1 Å². The van der Waals surface area contributed by atoms with Crippen molar-refractivity contribution < 1.29 is 0 Å². The minimum atomic E-state index is 0.587. The number of nitrogens with one attached hydrogen (secondary N) is 1. The van der Waals surface area contributed by atoms with E-state index in [0.29, 0.717) is 6.54 Å². The van der Waals surface area contributed by atoms with Crippen LogP contribution in [0.2, 0.25) is 0 Å². The summed E-state index contributed by atoms with van der Waals surface area (Å²) in [7, 11) is 5.65. The first-order chi connectivity index (χ1) is 10.1. The van der Waals surface area contributed by atoms with Gasteiger partial charge in [0.25, 0.3) is 0 Å². The second-order valence-electron chi connectivity index (χ2n) is 4.65. The molecule has 21 heavy (non-hydrogen) atoms. The molecule has 1 heterocycles.